The smallest absolute Gasteiger partial charge is 0.416 e. The number of alkyl halides is 6. The van der Waals surface area contributed by atoms with Crippen molar-refractivity contribution in [2.75, 3.05) is 4.90 Å². The molecule has 0 aromatic heterocycles. The first-order valence-electron chi connectivity index (χ1n) is 11.8. The van der Waals surface area contributed by atoms with Crippen molar-refractivity contribution < 1.29 is 45.5 Å². The molecule has 1 saturated heterocycles. The minimum atomic E-state index is -5.11. The number of imide groups is 1. The molecule has 3 unspecified atom stereocenters. The van der Waals surface area contributed by atoms with Crippen molar-refractivity contribution in [3.05, 3.63) is 88.2 Å². The zero-order chi connectivity index (χ0) is 28.4. The molecule has 2 aliphatic heterocycles. The number of benzene rings is 2. The van der Waals surface area contributed by atoms with Gasteiger partial charge in [0.05, 0.1) is 29.0 Å². The van der Waals surface area contributed by atoms with Gasteiger partial charge >= 0.3 is 12.4 Å². The van der Waals surface area contributed by atoms with E-state index in [1.165, 1.54) is 19.9 Å². The number of likely N-dealkylation sites (tertiary alicyclic amines) is 1. The first kappa shape index (κ1) is 26.5. The second-order valence-electron chi connectivity index (χ2n) is 9.53. The molecule has 1 fully saturated rings. The van der Waals surface area contributed by atoms with Gasteiger partial charge in [-0.25, -0.2) is 0 Å². The molecule has 0 saturated carbocycles. The molecule has 0 bridgehead atoms. The topological polar surface area (TPSA) is 66.9 Å². The molecule has 12 heteroatoms. The number of anilines is 1. The fourth-order valence-electron chi connectivity index (χ4n) is 5.36. The molecule has 0 radical (unpaired) electrons. The van der Waals surface area contributed by atoms with E-state index in [1.54, 1.807) is 6.07 Å². The number of hydrogen-bond acceptors (Lipinski definition) is 4. The van der Waals surface area contributed by atoms with E-state index in [1.807, 2.05) is 18.2 Å². The average Bonchev–Trinajstić information content (AvgIpc) is 3.44. The van der Waals surface area contributed by atoms with Crippen molar-refractivity contribution >= 4 is 23.4 Å². The van der Waals surface area contributed by atoms with Crippen LogP contribution in [0.2, 0.25) is 0 Å². The molecule has 3 aliphatic rings. The highest BCUT2D eigenvalue weighted by atomic mass is 19.4. The monoisotopic (exact) mass is 550 g/mol. The van der Waals surface area contributed by atoms with Crippen LogP contribution in [-0.2, 0) is 37.9 Å². The third kappa shape index (κ3) is 4.47. The van der Waals surface area contributed by atoms with Crippen molar-refractivity contribution in [2.24, 2.45) is 0 Å². The summed E-state index contributed by atoms with van der Waals surface area (Å²) >= 11 is 0. The second-order valence-corrected chi connectivity index (χ2v) is 9.53. The summed E-state index contributed by atoms with van der Waals surface area (Å²) in [7, 11) is 0. The highest BCUT2D eigenvalue weighted by Crippen LogP contribution is 2.47. The maximum absolute atomic E-state index is 13.4. The van der Waals surface area contributed by atoms with Gasteiger partial charge < -0.3 is 4.74 Å². The predicted molar refractivity (Wildman–Crippen MR) is 125 cm³/mol. The molecular weight excluding hydrogens is 530 g/mol. The maximum atomic E-state index is 13.4. The Morgan fingerprint density at radius 3 is 2.18 bits per heavy atom. The summed E-state index contributed by atoms with van der Waals surface area (Å²) in [5, 5.41) is 0. The van der Waals surface area contributed by atoms with E-state index in [9.17, 15) is 40.7 Å². The van der Waals surface area contributed by atoms with E-state index in [0.717, 1.165) is 22.3 Å². The Labute approximate surface area is 218 Å². The van der Waals surface area contributed by atoms with E-state index in [0.29, 0.717) is 23.5 Å². The van der Waals surface area contributed by atoms with Gasteiger partial charge in [0.2, 0.25) is 5.91 Å². The SMILES string of the molecule is CC(=O)N1C(=O)/C(=C/OC2C=C(C)C(=O)N2c2cc(C(F)(F)F)cc(C(F)(F)F)c2)C2c3ccccc3CC21. The lowest BCUT2D eigenvalue weighted by Crippen LogP contribution is -2.38. The standard InChI is InChI=1S/C27H20F6N2O4/c1-13-7-22(35(24(13)37)18-10-16(26(28,29)30)9-17(11-18)27(31,32)33)39-12-20-23-19-6-4-3-5-15(19)8-21(23)34(14(2)36)25(20)38/h3-7,9-12,21-23H,8H2,1-2H3/b20-12+. The zero-order valence-corrected chi connectivity index (χ0v) is 20.4. The number of halogens is 6. The summed E-state index contributed by atoms with van der Waals surface area (Å²) in [6.45, 7) is 2.59. The van der Waals surface area contributed by atoms with Gasteiger partial charge in [-0.2, -0.15) is 26.3 Å². The lowest BCUT2D eigenvalue weighted by atomic mass is 9.94. The van der Waals surface area contributed by atoms with Crippen LogP contribution < -0.4 is 4.90 Å². The maximum Gasteiger partial charge on any atom is 0.416 e. The molecule has 1 aliphatic carbocycles. The van der Waals surface area contributed by atoms with Crippen LogP contribution in [0.4, 0.5) is 32.0 Å². The number of nitrogens with zero attached hydrogens (tertiary/aromatic N) is 2. The second kappa shape index (κ2) is 8.99. The summed E-state index contributed by atoms with van der Waals surface area (Å²) in [4.78, 5) is 40.1. The van der Waals surface area contributed by atoms with E-state index in [-0.39, 0.29) is 17.2 Å². The van der Waals surface area contributed by atoms with Crippen molar-refractivity contribution in [3.63, 3.8) is 0 Å². The van der Waals surface area contributed by atoms with Crippen molar-refractivity contribution in [3.8, 4) is 0 Å². The largest absolute Gasteiger partial charge is 0.474 e. The van der Waals surface area contributed by atoms with Gasteiger partial charge in [0.15, 0.2) is 6.23 Å². The van der Waals surface area contributed by atoms with Gasteiger partial charge in [-0.15, -0.1) is 0 Å². The quantitative estimate of drug-likeness (QED) is 0.294. The van der Waals surface area contributed by atoms with Gasteiger partial charge in [-0.3, -0.25) is 24.2 Å². The van der Waals surface area contributed by atoms with Crippen LogP contribution in [0.15, 0.2) is 65.9 Å². The average molecular weight is 550 g/mol. The van der Waals surface area contributed by atoms with E-state index in [4.69, 9.17) is 4.74 Å². The molecule has 0 spiro atoms. The summed E-state index contributed by atoms with van der Waals surface area (Å²) in [5.41, 5.74) is -2.01. The molecule has 2 heterocycles. The fraction of sp³-hybridized carbons (Fsp3) is 0.296. The summed E-state index contributed by atoms with van der Waals surface area (Å²) in [6, 6.07) is 7.60. The molecule has 0 N–H and O–H groups in total. The minimum absolute atomic E-state index is 0.0246. The van der Waals surface area contributed by atoms with Crippen LogP contribution in [-0.4, -0.2) is 34.9 Å². The Balaban J connectivity index is 1.54. The Bertz CT molecular complexity index is 1430. The number of rotatable bonds is 3. The number of ether oxygens (including phenoxy) is 1. The van der Waals surface area contributed by atoms with Gasteiger partial charge in [0.1, 0.15) is 0 Å². The van der Waals surface area contributed by atoms with E-state index < -0.39 is 65.1 Å². The van der Waals surface area contributed by atoms with Gasteiger partial charge in [0.25, 0.3) is 11.8 Å². The Morgan fingerprint density at radius 2 is 1.59 bits per heavy atom. The van der Waals surface area contributed by atoms with Gasteiger partial charge in [0, 0.05) is 24.1 Å². The minimum Gasteiger partial charge on any atom is -0.474 e. The first-order valence-corrected chi connectivity index (χ1v) is 11.8. The van der Waals surface area contributed by atoms with Gasteiger partial charge in [-0.05, 0) is 48.7 Å². The third-order valence-corrected chi connectivity index (χ3v) is 7.06. The Hall–Kier alpha value is -4.09. The first-order chi connectivity index (χ1) is 18.2. The number of amides is 3. The molecule has 204 valence electrons. The molecular formula is C27H20F6N2O4. The van der Waals surface area contributed by atoms with Crippen LogP contribution in [0, 0.1) is 0 Å². The molecule has 2 aromatic carbocycles. The number of carbonyl (C=O) groups excluding carboxylic acids is 3. The summed E-state index contributed by atoms with van der Waals surface area (Å²) in [5.74, 6) is -2.51. The number of hydrogen-bond donors (Lipinski definition) is 0. The zero-order valence-electron chi connectivity index (χ0n) is 20.4. The predicted octanol–water partition coefficient (Wildman–Crippen LogP) is 5.34. The summed E-state index contributed by atoms with van der Waals surface area (Å²) in [6.07, 6.45) is -8.98. The summed E-state index contributed by atoms with van der Waals surface area (Å²) < 4.78 is 86.4. The van der Waals surface area contributed by atoms with Gasteiger partial charge in [-0.1, -0.05) is 24.3 Å². The van der Waals surface area contributed by atoms with Crippen LogP contribution >= 0.6 is 0 Å². The Kier molecular flexibility index (Phi) is 6.11. The van der Waals surface area contributed by atoms with Crippen molar-refractivity contribution in [2.45, 2.75) is 50.8 Å². The highest BCUT2D eigenvalue weighted by molar-refractivity contribution is 6.09. The van der Waals surface area contributed by atoms with Crippen LogP contribution in [0.5, 0.6) is 0 Å². The molecule has 39 heavy (non-hydrogen) atoms. The fourth-order valence-corrected chi connectivity index (χ4v) is 5.36. The van der Waals surface area contributed by atoms with Crippen LogP contribution in [0.1, 0.15) is 42.0 Å². The molecule has 3 atom stereocenters. The Morgan fingerprint density at radius 1 is 0.974 bits per heavy atom. The third-order valence-electron chi connectivity index (χ3n) is 7.06. The number of fused-ring (bicyclic) bond motifs is 3. The molecule has 2 aromatic rings. The van der Waals surface area contributed by atoms with E-state index >= 15 is 0 Å². The van der Waals surface area contributed by atoms with Crippen LogP contribution in [0.25, 0.3) is 0 Å². The molecule has 6 nitrogen and oxygen atoms in total. The van der Waals surface area contributed by atoms with E-state index in [2.05, 4.69) is 0 Å². The molecule has 3 amide bonds. The highest BCUT2D eigenvalue weighted by Gasteiger charge is 2.51. The lowest BCUT2D eigenvalue weighted by Gasteiger charge is -2.26. The van der Waals surface area contributed by atoms with Crippen LogP contribution in [0.3, 0.4) is 0 Å². The van der Waals surface area contributed by atoms with Crippen molar-refractivity contribution in [1.82, 2.24) is 4.90 Å². The number of carbonyl (C=O) groups is 3. The molecule has 5 rings (SSSR count). The lowest BCUT2D eigenvalue weighted by molar-refractivity contribution is -0.144. The van der Waals surface area contributed by atoms with Crippen molar-refractivity contribution in [1.29, 1.82) is 0 Å². The normalized spacial score (nSPS) is 23.8.